The highest BCUT2D eigenvalue weighted by molar-refractivity contribution is 5.93. The van der Waals surface area contributed by atoms with Crippen molar-refractivity contribution in [1.29, 1.82) is 0 Å². The summed E-state index contributed by atoms with van der Waals surface area (Å²) < 4.78 is 12.0. The van der Waals surface area contributed by atoms with Crippen LogP contribution in [0, 0.1) is 6.92 Å². The van der Waals surface area contributed by atoms with Gasteiger partial charge in [-0.3, -0.25) is 0 Å². The molecule has 0 radical (unpaired) electrons. The quantitative estimate of drug-likeness (QED) is 0.195. The molecule has 1 heterocycles. The number of para-hydroxylation sites is 1. The molecule has 0 saturated heterocycles. The zero-order chi connectivity index (χ0) is 27.2. The second kappa shape index (κ2) is 11.7. The van der Waals surface area contributed by atoms with Crippen molar-refractivity contribution >= 4 is 16.3 Å². The van der Waals surface area contributed by atoms with Gasteiger partial charge in [0.05, 0.1) is 12.8 Å². The van der Waals surface area contributed by atoms with Gasteiger partial charge in [0.2, 0.25) is 5.88 Å². The molecule has 0 fully saturated rings. The molecule has 5 aromatic rings. The minimum Gasteiger partial charge on any atom is -0.496 e. The van der Waals surface area contributed by atoms with Crippen molar-refractivity contribution in [2.45, 2.75) is 13.8 Å². The van der Waals surface area contributed by atoms with Crippen molar-refractivity contribution in [1.82, 2.24) is 4.98 Å². The molecule has 4 aromatic carbocycles. The van der Waals surface area contributed by atoms with Crippen LogP contribution in [0.5, 0.6) is 17.4 Å². The maximum atomic E-state index is 6.35. The Labute approximate surface area is 230 Å². The van der Waals surface area contributed by atoms with Crippen LogP contribution < -0.4 is 9.47 Å². The number of methoxy groups -OCH3 is 1. The van der Waals surface area contributed by atoms with Gasteiger partial charge in [-0.15, -0.1) is 0 Å². The van der Waals surface area contributed by atoms with Gasteiger partial charge in [-0.25, -0.2) is 4.98 Å². The van der Waals surface area contributed by atoms with Gasteiger partial charge in [-0.05, 0) is 95.6 Å². The molecule has 0 aliphatic heterocycles. The number of hydrogen-bond acceptors (Lipinski definition) is 3. The topological polar surface area (TPSA) is 31.4 Å². The van der Waals surface area contributed by atoms with Gasteiger partial charge >= 0.3 is 0 Å². The molecule has 39 heavy (non-hydrogen) atoms. The number of aryl methyl sites for hydroxylation is 1. The van der Waals surface area contributed by atoms with Crippen LogP contribution >= 0.6 is 0 Å². The Balaban J connectivity index is 1.72. The van der Waals surface area contributed by atoms with Crippen LogP contribution in [0.4, 0.5) is 0 Å². The Morgan fingerprint density at radius 1 is 0.795 bits per heavy atom. The molecule has 5 rings (SSSR count). The Morgan fingerprint density at radius 3 is 2.23 bits per heavy atom. The van der Waals surface area contributed by atoms with E-state index in [9.17, 15) is 0 Å². The zero-order valence-electron chi connectivity index (χ0n) is 22.5. The summed E-state index contributed by atoms with van der Waals surface area (Å²) in [6.45, 7) is 8.37. The third kappa shape index (κ3) is 5.83. The van der Waals surface area contributed by atoms with E-state index in [0.29, 0.717) is 5.88 Å². The molecule has 0 spiro atoms. The highest BCUT2D eigenvalue weighted by Gasteiger charge is 2.15. The Bertz CT molecular complexity index is 1680. The van der Waals surface area contributed by atoms with Crippen LogP contribution in [0.25, 0.3) is 38.7 Å². The molecular formula is C36H31NO2. The summed E-state index contributed by atoms with van der Waals surface area (Å²) in [4.78, 5) is 5.05. The second-order valence-electron chi connectivity index (χ2n) is 9.35. The summed E-state index contributed by atoms with van der Waals surface area (Å²) in [6, 6.07) is 32.8. The monoisotopic (exact) mass is 509 g/mol. The summed E-state index contributed by atoms with van der Waals surface area (Å²) in [7, 11) is 1.69. The minimum absolute atomic E-state index is 0.554. The smallest absolute Gasteiger partial charge is 0.227 e. The summed E-state index contributed by atoms with van der Waals surface area (Å²) in [5.41, 5.74) is 6.99. The van der Waals surface area contributed by atoms with Crippen molar-refractivity contribution < 1.29 is 9.47 Å². The van der Waals surface area contributed by atoms with Gasteiger partial charge in [0.15, 0.2) is 0 Å². The third-order valence-corrected chi connectivity index (χ3v) is 6.58. The molecular weight excluding hydrogens is 478 g/mol. The number of pyridine rings is 1. The molecule has 0 atom stereocenters. The van der Waals surface area contributed by atoms with Crippen LogP contribution in [0.2, 0.25) is 0 Å². The van der Waals surface area contributed by atoms with Gasteiger partial charge in [0.25, 0.3) is 0 Å². The fourth-order valence-corrected chi connectivity index (χ4v) is 4.54. The first kappa shape index (κ1) is 25.7. The van der Waals surface area contributed by atoms with E-state index in [1.165, 1.54) is 0 Å². The van der Waals surface area contributed by atoms with Crippen LogP contribution in [0.1, 0.15) is 18.1 Å². The number of rotatable bonds is 8. The van der Waals surface area contributed by atoms with E-state index in [2.05, 4.69) is 67.2 Å². The van der Waals surface area contributed by atoms with Gasteiger partial charge in [0.1, 0.15) is 11.5 Å². The molecule has 0 aliphatic carbocycles. The number of hydrogen-bond donors (Lipinski definition) is 0. The molecule has 0 unspecified atom stereocenters. The molecule has 0 amide bonds. The Kier molecular flexibility index (Phi) is 7.70. The largest absolute Gasteiger partial charge is 0.496 e. The maximum Gasteiger partial charge on any atom is 0.227 e. The Hall–Kier alpha value is -4.89. The lowest BCUT2D eigenvalue weighted by Crippen LogP contribution is -1.96. The number of benzene rings is 4. The third-order valence-electron chi connectivity index (χ3n) is 6.58. The summed E-state index contributed by atoms with van der Waals surface area (Å²) >= 11 is 0. The second-order valence-corrected chi connectivity index (χ2v) is 9.35. The standard InChI is InChI=1S/C36H31NO2/c1-5-6-9-14-25(2)28-20-29(27-15-10-7-11-16-27)22-31(21-28)34-23-30-24-35(38-4)26(3)19-33(30)36(37-34)39-32-17-12-8-13-18-32/h5-24H,2H2,1,3-4H3/b6-5-,14-9-. The first-order valence-electron chi connectivity index (χ1n) is 13.0. The van der Waals surface area contributed by atoms with Crippen molar-refractivity contribution in [2.24, 2.45) is 0 Å². The van der Waals surface area contributed by atoms with Crippen LogP contribution in [-0.2, 0) is 0 Å². The number of ether oxygens (including phenoxy) is 2. The zero-order valence-corrected chi connectivity index (χ0v) is 22.5. The van der Waals surface area contributed by atoms with Crippen molar-refractivity contribution in [3.8, 4) is 39.8 Å². The van der Waals surface area contributed by atoms with Gasteiger partial charge in [-0.1, -0.05) is 79.4 Å². The maximum absolute atomic E-state index is 6.35. The average Bonchev–Trinajstić information content (AvgIpc) is 2.98. The number of fused-ring (bicyclic) bond motifs is 1. The highest BCUT2D eigenvalue weighted by Crippen LogP contribution is 2.37. The summed E-state index contributed by atoms with van der Waals surface area (Å²) in [6.07, 6.45) is 8.03. The van der Waals surface area contributed by atoms with Crippen LogP contribution in [-0.4, -0.2) is 12.1 Å². The Morgan fingerprint density at radius 2 is 1.51 bits per heavy atom. The predicted octanol–water partition coefficient (Wildman–Crippen LogP) is 9.82. The van der Waals surface area contributed by atoms with Gasteiger partial charge in [-0.2, -0.15) is 0 Å². The lowest BCUT2D eigenvalue weighted by Gasteiger charge is -2.15. The van der Waals surface area contributed by atoms with Crippen LogP contribution in [0.15, 0.2) is 128 Å². The van der Waals surface area contributed by atoms with E-state index in [4.69, 9.17) is 14.5 Å². The number of allylic oxidation sites excluding steroid dienone is 5. The number of aromatic nitrogens is 1. The lowest BCUT2D eigenvalue weighted by molar-refractivity contribution is 0.412. The van der Waals surface area contributed by atoms with Crippen molar-refractivity contribution in [3.05, 3.63) is 139 Å². The van der Waals surface area contributed by atoms with Crippen molar-refractivity contribution in [2.75, 3.05) is 7.11 Å². The number of nitrogens with zero attached hydrogens (tertiary/aromatic N) is 1. The molecule has 3 heteroatoms. The van der Waals surface area contributed by atoms with E-state index >= 15 is 0 Å². The highest BCUT2D eigenvalue weighted by atomic mass is 16.5. The molecule has 0 saturated carbocycles. The van der Waals surface area contributed by atoms with E-state index < -0.39 is 0 Å². The fraction of sp³-hybridized carbons (Fsp3) is 0.0833. The van der Waals surface area contributed by atoms with Crippen molar-refractivity contribution in [3.63, 3.8) is 0 Å². The molecule has 1 aromatic heterocycles. The summed E-state index contributed by atoms with van der Waals surface area (Å²) in [5.74, 6) is 2.11. The first-order chi connectivity index (χ1) is 19.1. The van der Waals surface area contributed by atoms with E-state index in [1.54, 1.807) is 7.11 Å². The molecule has 0 aliphatic rings. The molecule has 0 N–H and O–H groups in total. The molecule has 192 valence electrons. The van der Waals surface area contributed by atoms with Gasteiger partial charge < -0.3 is 9.47 Å². The van der Waals surface area contributed by atoms with Crippen LogP contribution in [0.3, 0.4) is 0 Å². The van der Waals surface area contributed by atoms with E-state index in [1.807, 2.05) is 74.5 Å². The first-order valence-corrected chi connectivity index (χ1v) is 13.0. The molecule has 3 nitrogen and oxygen atoms in total. The lowest BCUT2D eigenvalue weighted by atomic mass is 9.94. The minimum atomic E-state index is 0.554. The van der Waals surface area contributed by atoms with Gasteiger partial charge in [0, 0.05) is 10.9 Å². The van der Waals surface area contributed by atoms with E-state index in [0.717, 1.165) is 61.4 Å². The van der Waals surface area contributed by atoms with E-state index in [-0.39, 0.29) is 0 Å². The molecule has 0 bridgehead atoms. The summed E-state index contributed by atoms with van der Waals surface area (Å²) in [5, 5.41) is 1.92. The predicted molar refractivity (Wildman–Crippen MR) is 163 cm³/mol. The SMILES string of the molecule is C=C(/C=C\C=C/C)c1cc(-c2ccccc2)cc(-c2cc3cc(OC)c(C)cc3c(Oc3ccccc3)n2)c1. The fourth-order valence-electron chi connectivity index (χ4n) is 4.54. The average molecular weight is 510 g/mol. The normalized spacial score (nSPS) is 11.4.